The summed E-state index contributed by atoms with van der Waals surface area (Å²) in [6.07, 6.45) is 3.04. The lowest BCUT2D eigenvalue weighted by molar-refractivity contribution is 0.151. The van der Waals surface area contributed by atoms with Gasteiger partial charge in [0.1, 0.15) is 0 Å². The van der Waals surface area contributed by atoms with Crippen molar-refractivity contribution < 1.29 is 5.11 Å². The van der Waals surface area contributed by atoms with Crippen LogP contribution in [0, 0.1) is 0 Å². The molecule has 2 aromatic rings. The zero-order chi connectivity index (χ0) is 14.8. The standard InChI is InChI=1S/C18H23NO/c1-13(14-9-11-19-12-10-14)17(20)15-5-7-16(8-6-15)18(2,3)4/h5-13,17,20H,1-4H3. The normalized spacial score (nSPS) is 14.8. The molecule has 0 aliphatic heterocycles. The number of aromatic nitrogens is 1. The van der Waals surface area contributed by atoms with Crippen molar-refractivity contribution in [3.8, 4) is 0 Å². The Hall–Kier alpha value is -1.67. The number of hydrogen-bond acceptors (Lipinski definition) is 2. The van der Waals surface area contributed by atoms with Crippen LogP contribution in [0.2, 0.25) is 0 Å². The van der Waals surface area contributed by atoms with E-state index < -0.39 is 6.10 Å². The molecule has 106 valence electrons. The van der Waals surface area contributed by atoms with Crippen molar-refractivity contribution in [3.05, 3.63) is 65.5 Å². The molecule has 2 unspecified atom stereocenters. The van der Waals surface area contributed by atoms with Crippen molar-refractivity contribution in [1.82, 2.24) is 4.98 Å². The fraction of sp³-hybridized carbons (Fsp3) is 0.389. The molecule has 1 aromatic carbocycles. The molecule has 2 rings (SSSR count). The van der Waals surface area contributed by atoms with Gasteiger partial charge in [0.15, 0.2) is 0 Å². The molecule has 0 saturated carbocycles. The molecular formula is C18H23NO. The van der Waals surface area contributed by atoms with Crippen LogP contribution in [-0.2, 0) is 5.41 Å². The first-order chi connectivity index (χ1) is 9.39. The van der Waals surface area contributed by atoms with Crippen LogP contribution in [0.1, 0.15) is 56.4 Å². The minimum absolute atomic E-state index is 0.0542. The second-order valence-corrected chi connectivity index (χ2v) is 6.39. The van der Waals surface area contributed by atoms with Crippen molar-refractivity contribution in [2.24, 2.45) is 0 Å². The van der Waals surface area contributed by atoms with Crippen molar-refractivity contribution in [3.63, 3.8) is 0 Å². The van der Waals surface area contributed by atoms with Gasteiger partial charge in [0.05, 0.1) is 6.10 Å². The molecule has 2 nitrogen and oxygen atoms in total. The molecule has 0 aliphatic carbocycles. The molecule has 1 heterocycles. The zero-order valence-electron chi connectivity index (χ0n) is 12.7. The molecule has 0 radical (unpaired) electrons. The van der Waals surface area contributed by atoms with E-state index in [1.54, 1.807) is 12.4 Å². The summed E-state index contributed by atoms with van der Waals surface area (Å²) in [5.74, 6) is 0.0542. The van der Waals surface area contributed by atoms with Crippen LogP contribution in [0.4, 0.5) is 0 Å². The molecule has 1 aromatic heterocycles. The van der Waals surface area contributed by atoms with E-state index in [4.69, 9.17) is 0 Å². The van der Waals surface area contributed by atoms with Gasteiger partial charge >= 0.3 is 0 Å². The smallest absolute Gasteiger partial charge is 0.0855 e. The van der Waals surface area contributed by atoms with E-state index in [0.717, 1.165) is 11.1 Å². The highest BCUT2D eigenvalue weighted by Gasteiger charge is 2.19. The number of pyridine rings is 1. The van der Waals surface area contributed by atoms with Gasteiger partial charge in [0, 0.05) is 18.3 Å². The van der Waals surface area contributed by atoms with Gasteiger partial charge in [-0.1, -0.05) is 52.0 Å². The Labute approximate surface area is 121 Å². The van der Waals surface area contributed by atoms with Crippen LogP contribution < -0.4 is 0 Å². The monoisotopic (exact) mass is 269 g/mol. The number of aliphatic hydroxyl groups is 1. The Morgan fingerprint density at radius 2 is 1.45 bits per heavy atom. The van der Waals surface area contributed by atoms with Gasteiger partial charge < -0.3 is 5.11 Å². The molecule has 0 spiro atoms. The number of aliphatic hydroxyl groups excluding tert-OH is 1. The fourth-order valence-corrected chi connectivity index (χ4v) is 2.32. The average Bonchev–Trinajstić information content (AvgIpc) is 2.46. The maximum Gasteiger partial charge on any atom is 0.0855 e. The number of rotatable bonds is 3. The molecule has 0 fully saturated rings. The Kier molecular flexibility index (Phi) is 4.24. The van der Waals surface area contributed by atoms with Crippen molar-refractivity contribution in [1.29, 1.82) is 0 Å². The summed E-state index contributed by atoms with van der Waals surface area (Å²) in [4.78, 5) is 4.02. The maximum absolute atomic E-state index is 10.5. The van der Waals surface area contributed by atoms with Gasteiger partial charge in [-0.25, -0.2) is 0 Å². The van der Waals surface area contributed by atoms with Crippen LogP contribution in [0.25, 0.3) is 0 Å². The molecule has 2 atom stereocenters. The lowest BCUT2D eigenvalue weighted by Gasteiger charge is -2.22. The zero-order valence-corrected chi connectivity index (χ0v) is 12.7. The van der Waals surface area contributed by atoms with E-state index in [1.807, 2.05) is 31.2 Å². The lowest BCUT2D eigenvalue weighted by Crippen LogP contribution is -2.12. The summed E-state index contributed by atoms with van der Waals surface area (Å²) in [6, 6.07) is 12.2. The third-order valence-electron chi connectivity index (χ3n) is 3.82. The van der Waals surface area contributed by atoms with E-state index in [2.05, 4.69) is 37.9 Å². The van der Waals surface area contributed by atoms with Gasteiger partial charge in [-0.15, -0.1) is 0 Å². The molecule has 0 amide bonds. The highest BCUT2D eigenvalue weighted by atomic mass is 16.3. The quantitative estimate of drug-likeness (QED) is 0.905. The van der Waals surface area contributed by atoms with Crippen LogP contribution in [0.3, 0.4) is 0 Å². The summed E-state index contributed by atoms with van der Waals surface area (Å²) in [7, 11) is 0. The minimum atomic E-state index is -0.494. The fourth-order valence-electron chi connectivity index (χ4n) is 2.32. The van der Waals surface area contributed by atoms with E-state index in [1.165, 1.54) is 5.56 Å². The lowest BCUT2D eigenvalue weighted by atomic mass is 9.85. The third kappa shape index (κ3) is 3.26. The Morgan fingerprint density at radius 3 is 1.95 bits per heavy atom. The van der Waals surface area contributed by atoms with Crippen LogP contribution in [-0.4, -0.2) is 10.1 Å². The number of hydrogen-bond donors (Lipinski definition) is 1. The number of benzene rings is 1. The highest BCUT2D eigenvalue weighted by molar-refractivity contribution is 5.30. The van der Waals surface area contributed by atoms with Crippen LogP contribution >= 0.6 is 0 Å². The summed E-state index contributed by atoms with van der Waals surface area (Å²) in [5, 5.41) is 10.5. The predicted octanol–water partition coefficient (Wildman–Crippen LogP) is 4.22. The summed E-state index contributed by atoms with van der Waals surface area (Å²) in [6.45, 7) is 8.62. The van der Waals surface area contributed by atoms with Crippen molar-refractivity contribution >= 4 is 0 Å². The Morgan fingerprint density at radius 1 is 0.900 bits per heavy atom. The molecule has 1 N–H and O–H groups in total. The first-order valence-electron chi connectivity index (χ1n) is 7.08. The van der Waals surface area contributed by atoms with Gasteiger partial charge in [0.2, 0.25) is 0 Å². The summed E-state index contributed by atoms with van der Waals surface area (Å²) < 4.78 is 0. The minimum Gasteiger partial charge on any atom is -0.388 e. The first kappa shape index (κ1) is 14.7. The molecule has 0 saturated heterocycles. The van der Waals surface area contributed by atoms with Crippen molar-refractivity contribution in [2.75, 3.05) is 0 Å². The Bertz CT molecular complexity index is 540. The van der Waals surface area contributed by atoms with E-state index in [-0.39, 0.29) is 11.3 Å². The van der Waals surface area contributed by atoms with Crippen LogP contribution in [0.5, 0.6) is 0 Å². The number of nitrogens with zero attached hydrogens (tertiary/aromatic N) is 1. The van der Waals surface area contributed by atoms with Crippen LogP contribution in [0.15, 0.2) is 48.8 Å². The van der Waals surface area contributed by atoms with Gasteiger partial charge in [-0.2, -0.15) is 0 Å². The largest absolute Gasteiger partial charge is 0.388 e. The SMILES string of the molecule is CC(c1ccncc1)C(O)c1ccc(C(C)(C)C)cc1. The summed E-state index contributed by atoms with van der Waals surface area (Å²) >= 11 is 0. The highest BCUT2D eigenvalue weighted by Crippen LogP contribution is 2.31. The molecular weight excluding hydrogens is 246 g/mol. The van der Waals surface area contributed by atoms with Gasteiger partial charge in [-0.3, -0.25) is 4.98 Å². The van der Waals surface area contributed by atoms with E-state index in [9.17, 15) is 5.11 Å². The molecule has 0 bridgehead atoms. The molecule has 20 heavy (non-hydrogen) atoms. The van der Waals surface area contributed by atoms with Crippen molar-refractivity contribution in [2.45, 2.75) is 45.1 Å². The van der Waals surface area contributed by atoms with Gasteiger partial charge in [-0.05, 0) is 34.2 Å². The van der Waals surface area contributed by atoms with E-state index in [0.29, 0.717) is 0 Å². The predicted molar refractivity (Wildman–Crippen MR) is 82.8 cm³/mol. The average molecular weight is 269 g/mol. The third-order valence-corrected chi connectivity index (χ3v) is 3.82. The van der Waals surface area contributed by atoms with Gasteiger partial charge in [0.25, 0.3) is 0 Å². The second-order valence-electron chi connectivity index (χ2n) is 6.39. The topological polar surface area (TPSA) is 33.1 Å². The molecule has 2 heteroatoms. The molecule has 0 aliphatic rings. The first-order valence-corrected chi connectivity index (χ1v) is 7.08. The summed E-state index contributed by atoms with van der Waals surface area (Å²) in [5.41, 5.74) is 3.49. The maximum atomic E-state index is 10.5. The Balaban J connectivity index is 2.19. The van der Waals surface area contributed by atoms with E-state index >= 15 is 0 Å². The second kappa shape index (κ2) is 5.76.